The molecule has 0 aliphatic heterocycles. The van der Waals surface area contributed by atoms with Crippen molar-refractivity contribution in [3.05, 3.63) is 95.3 Å². The Morgan fingerprint density at radius 1 is 1.11 bits per heavy atom. The van der Waals surface area contributed by atoms with Gasteiger partial charge in [0.25, 0.3) is 0 Å². The van der Waals surface area contributed by atoms with Gasteiger partial charge in [0.1, 0.15) is 18.4 Å². The number of pyridine rings is 1. The molecule has 4 N–H and O–H groups in total. The standard InChI is InChI=1S/C28H28F2N4O3/c1-36-28(32)9-7-26(31)18-4-2-17(3-5-18)22-10-19(24(29)12-25(22)30)13-33-21-6-8-27(34-14-21)23-11-20(23)15-37-16-35/h2-10,12,14,20,23,31-33,35H,11,13,15-16H2,1H3/b9-7-,31-26?,32-28?/t20-,23+/m1/s1. The maximum Gasteiger partial charge on any atom is 0.205 e. The van der Waals surface area contributed by atoms with Gasteiger partial charge >= 0.3 is 0 Å². The second-order valence-corrected chi connectivity index (χ2v) is 8.74. The van der Waals surface area contributed by atoms with Crippen LogP contribution in [0.3, 0.4) is 0 Å². The Bertz CT molecular complexity index is 1290. The maximum absolute atomic E-state index is 14.6. The van der Waals surface area contributed by atoms with Crippen molar-refractivity contribution in [2.45, 2.75) is 18.9 Å². The van der Waals surface area contributed by atoms with Gasteiger partial charge in [-0.25, -0.2) is 8.78 Å². The average molecular weight is 507 g/mol. The van der Waals surface area contributed by atoms with Crippen molar-refractivity contribution in [3.8, 4) is 11.1 Å². The van der Waals surface area contributed by atoms with Gasteiger partial charge in [0.2, 0.25) is 5.90 Å². The average Bonchev–Trinajstić information content (AvgIpc) is 3.70. The maximum atomic E-state index is 14.6. The molecule has 9 heteroatoms. The summed E-state index contributed by atoms with van der Waals surface area (Å²) in [5.41, 5.74) is 3.55. The number of hydrogen-bond acceptors (Lipinski definition) is 7. The monoisotopic (exact) mass is 506 g/mol. The predicted octanol–water partition coefficient (Wildman–Crippen LogP) is 5.26. The number of aliphatic hydroxyl groups excluding tert-OH is 1. The van der Waals surface area contributed by atoms with Crippen molar-refractivity contribution in [2.24, 2.45) is 5.92 Å². The van der Waals surface area contributed by atoms with Gasteiger partial charge in [-0.3, -0.25) is 10.4 Å². The molecule has 0 bridgehead atoms. The Labute approximate surface area is 213 Å². The van der Waals surface area contributed by atoms with E-state index >= 15 is 0 Å². The minimum atomic E-state index is -0.673. The van der Waals surface area contributed by atoms with Gasteiger partial charge in [-0.1, -0.05) is 24.3 Å². The molecule has 1 fully saturated rings. The van der Waals surface area contributed by atoms with Crippen molar-refractivity contribution in [1.82, 2.24) is 4.98 Å². The first-order valence-corrected chi connectivity index (χ1v) is 11.8. The molecule has 0 amide bonds. The molecular weight excluding hydrogens is 478 g/mol. The van der Waals surface area contributed by atoms with E-state index in [2.05, 4.69) is 10.3 Å². The molecule has 1 aliphatic rings. The van der Waals surface area contributed by atoms with E-state index < -0.39 is 11.6 Å². The number of halogens is 2. The third-order valence-electron chi connectivity index (χ3n) is 6.26. The molecule has 1 saturated carbocycles. The lowest BCUT2D eigenvalue weighted by Crippen LogP contribution is -2.04. The fraction of sp³-hybridized carbons (Fsp3) is 0.250. The van der Waals surface area contributed by atoms with Gasteiger partial charge in [0.15, 0.2) is 0 Å². The number of aromatic nitrogens is 1. The Balaban J connectivity index is 1.41. The van der Waals surface area contributed by atoms with Crippen LogP contribution in [0, 0.1) is 28.4 Å². The van der Waals surface area contributed by atoms with Crippen LogP contribution in [-0.2, 0) is 16.0 Å². The summed E-state index contributed by atoms with van der Waals surface area (Å²) in [7, 11) is 1.38. The van der Waals surface area contributed by atoms with Crippen LogP contribution in [0.4, 0.5) is 14.5 Å². The summed E-state index contributed by atoms with van der Waals surface area (Å²) in [5.74, 6) is -0.697. The second-order valence-electron chi connectivity index (χ2n) is 8.74. The van der Waals surface area contributed by atoms with Gasteiger partial charge in [-0.2, -0.15) is 0 Å². The first-order chi connectivity index (χ1) is 17.9. The van der Waals surface area contributed by atoms with Gasteiger partial charge in [0, 0.05) is 41.4 Å². The molecule has 0 saturated heterocycles. The smallest absolute Gasteiger partial charge is 0.205 e. The van der Waals surface area contributed by atoms with E-state index in [9.17, 15) is 8.78 Å². The molecule has 4 rings (SSSR count). The number of benzene rings is 2. The number of ether oxygens (including phenoxy) is 2. The lowest BCUT2D eigenvalue weighted by Gasteiger charge is -2.12. The Kier molecular flexibility index (Phi) is 8.37. The van der Waals surface area contributed by atoms with Crippen LogP contribution in [0.1, 0.15) is 29.2 Å². The molecule has 0 unspecified atom stereocenters. The number of nitrogens with zero attached hydrogens (tertiary/aromatic N) is 1. The summed E-state index contributed by atoms with van der Waals surface area (Å²) < 4.78 is 39.0. The third-order valence-corrected chi connectivity index (χ3v) is 6.26. The van der Waals surface area contributed by atoms with Gasteiger partial charge in [-0.15, -0.1) is 0 Å². The molecule has 7 nitrogen and oxygen atoms in total. The molecule has 0 spiro atoms. The number of aliphatic hydroxyl groups is 1. The van der Waals surface area contributed by atoms with Crippen LogP contribution < -0.4 is 5.32 Å². The molecule has 2 atom stereocenters. The van der Waals surface area contributed by atoms with E-state index in [0.717, 1.165) is 23.9 Å². The lowest BCUT2D eigenvalue weighted by atomic mass is 9.99. The SMILES string of the molecule is COC(=N)/C=C\C(=N)c1ccc(-c2cc(CNc3ccc([C@H]4C[C@@H]4COCO)nc3)c(F)cc2F)cc1. The summed E-state index contributed by atoms with van der Waals surface area (Å²) in [6.07, 6.45) is 5.48. The molecule has 1 aromatic heterocycles. The molecule has 192 valence electrons. The van der Waals surface area contributed by atoms with Gasteiger partial charge in [-0.05, 0) is 47.7 Å². The molecule has 1 aliphatic carbocycles. The minimum Gasteiger partial charge on any atom is -0.481 e. The van der Waals surface area contributed by atoms with E-state index in [0.29, 0.717) is 35.1 Å². The number of nitrogens with one attached hydrogen (secondary N) is 3. The van der Waals surface area contributed by atoms with Crippen LogP contribution in [-0.4, -0.2) is 42.2 Å². The number of rotatable bonds is 11. The zero-order valence-electron chi connectivity index (χ0n) is 20.3. The number of anilines is 1. The highest BCUT2D eigenvalue weighted by atomic mass is 19.1. The van der Waals surface area contributed by atoms with Gasteiger partial charge in [0.05, 0.1) is 31.3 Å². The molecular formula is C28H28F2N4O3. The minimum absolute atomic E-state index is 0.0662. The summed E-state index contributed by atoms with van der Waals surface area (Å²) in [6.45, 7) is 0.379. The third kappa shape index (κ3) is 6.63. The van der Waals surface area contributed by atoms with Crippen LogP contribution in [0.5, 0.6) is 0 Å². The van der Waals surface area contributed by atoms with E-state index in [1.807, 2.05) is 12.1 Å². The number of allylic oxidation sites excluding steroid dienone is 1. The van der Waals surface area contributed by atoms with Crippen molar-refractivity contribution in [2.75, 3.05) is 25.8 Å². The predicted molar refractivity (Wildman–Crippen MR) is 138 cm³/mol. The lowest BCUT2D eigenvalue weighted by molar-refractivity contribution is -0.00678. The van der Waals surface area contributed by atoms with Crippen molar-refractivity contribution in [1.29, 1.82) is 10.8 Å². The van der Waals surface area contributed by atoms with Crippen LogP contribution >= 0.6 is 0 Å². The fourth-order valence-corrected chi connectivity index (χ4v) is 4.03. The zero-order chi connectivity index (χ0) is 26.4. The van der Waals surface area contributed by atoms with Crippen LogP contribution in [0.25, 0.3) is 11.1 Å². The molecule has 37 heavy (non-hydrogen) atoms. The van der Waals surface area contributed by atoms with Crippen molar-refractivity contribution in [3.63, 3.8) is 0 Å². The van der Waals surface area contributed by atoms with Crippen molar-refractivity contribution >= 4 is 17.3 Å². The molecule has 3 aromatic rings. The highest BCUT2D eigenvalue weighted by Crippen LogP contribution is 2.46. The zero-order valence-corrected chi connectivity index (χ0v) is 20.3. The molecule has 0 radical (unpaired) electrons. The fourth-order valence-electron chi connectivity index (χ4n) is 4.03. The Morgan fingerprint density at radius 2 is 1.89 bits per heavy atom. The Morgan fingerprint density at radius 3 is 2.57 bits per heavy atom. The largest absolute Gasteiger partial charge is 0.481 e. The van der Waals surface area contributed by atoms with E-state index in [-0.39, 0.29) is 30.5 Å². The Hall–Kier alpha value is -3.95. The van der Waals surface area contributed by atoms with E-state index in [1.165, 1.54) is 25.3 Å². The van der Waals surface area contributed by atoms with Gasteiger partial charge < -0.3 is 25.3 Å². The summed E-state index contributed by atoms with van der Waals surface area (Å²) >= 11 is 0. The summed E-state index contributed by atoms with van der Waals surface area (Å²) in [4.78, 5) is 4.49. The summed E-state index contributed by atoms with van der Waals surface area (Å²) in [5, 5.41) is 27.5. The second kappa shape index (κ2) is 11.9. The quantitative estimate of drug-likeness (QED) is 0.161. The topological polar surface area (TPSA) is 111 Å². The number of methoxy groups -OCH3 is 1. The summed E-state index contributed by atoms with van der Waals surface area (Å²) in [6, 6.07) is 12.9. The molecule has 2 aromatic carbocycles. The highest BCUT2D eigenvalue weighted by Gasteiger charge is 2.39. The van der Waals surface area contributed by atoms with Crippen molar-refractivity contribution < 1.29 is 23.4 Å². The van der Waals surface area contributed by atoms with Crippen LogP contribution in [0.15, 0.2) is 66.9 Å². The van der Waals surface area contributed by atoms with E-state index in [1.54, 1.807) is 30.5 Å². The first-order valence-electron chi connectivity index (χ1n) is 11.8. The normalized spacial score (nSPS) is 16.5. The number of hydrogen-bond donors (Lipinski definition) is 4. The highest BCUT2D eigenvalue weighted by molar-refractivity contribution is 6.09. The van der Waals surface area contributed by atoms with E-state index in [4.69, 9.17) is 25.4 Å². The van der Waals surface area contributed by atoms with Crippen LogP contribution in [0.2, 0.25) is 0 Å². The molecule has 1 heterocycles. The first kappa shape index (κ1) is 26.1.